The van der Waals surface area contributed by atoms with Crippen LogP contribution in [0.5, 0.6) is 5.75 Å². The third kappa shape index (κ3) is 4.20. The number of carbonyl (C=O) groups is 1. The molecule has 6 nitrogen and oxygen atoms in total. The predicted octanol–water partition coefficient (Wildman–Crippen LogP) is 4.68. The number of fused-ring (bicyclic) bond motifs is 1. The summed E-state index contributed by atoms with van der Waals surface area (Å²) in [6, 6.07) is 18.7. The lowest BCUT2D eigenvalue weighted by molar-refractivity contribution is 0.103. The van der Waals surface area contributed by atoms with Crippen LogP contribution in [0.4, 0.5) is 5.69 Å². The molecule has 3 aromatic carbocycles. The van der Waals surface area contributed by atoms with Gasteiger partial charge in [-0.3, -0.25) is 4.79 Å². The predicted molar refractivity (Wildman–Crippen MR) is 125 cm³/mol. The van der Waals surface area contributed by atoms with E-state index in [-0.39, 0.29) is 22.1 Å². The average molecular weight is 447 g/mol. The van der Waals surface area contributed by atoms with E-state index in [1.54, 1.807) is 36.4 Å². The number of nitrogens with one attached hydrogen (secondary N) is 1. The van der Waals surface area contributed by atoms with Crippen molar-refractivity contribution in [3.63, 3.8) is 0 Å². The van der Waals surface area contributed by atoms with Crippen molar-refractivity contribution < 1.29 is 17.9 Å². The second-order valence-corrected chi connectivity index (χ2v) is 9.11. The Balaban J connectivity index is 1.80. The zero-order valence-electron chi connectivity index (χ0n) is 17.9. The van der Waals surface area contributed by atoms with Gasteiger partial charge in [0.1, 0.15) is 5.75 Å². The van der Waals surface area contributed by atoms with Gasteiger partial charge in [0.05, 0.1) is 23.4 Å². The molecule has 1 N–H and O–H groups in total. The van der Waals surface area contributed by atoms with Gasteiger partial charge in [-0.05, 0) is 55.8 Å². The molecule has 0 aromatic heterocycles. The quantitative estimate of drug-likeness (QED) is 0.615. The van der Waals surface area contributed by atoms with Gasteiger partial charge in [0, 0.05) is 16.8 Å². The molecule has 0 fully saturated rings. The molecule has 32 heavy (non-hydrogen) atoms. The number of benzene rings is 3. The second kappa shape index (κ2) is 8.43. The summed E-state index contributed by atoms with van der Waals surface area (Å²) < 4.78 is 35.1. The average Bonchev–Trinajstić information content (AvgIpc) is 2.78. The summed E-state index contributed by atoms with van der Waals surface area (Å²) in [4.78, 5) is 13.1. The van der Waals surface area contributed by atoms with Crippen molar-refractivity contribution in [2.45, 2.75) is 18.7 Å². The number of aryl methyl sites for hydroxylation is 2. The maximum absolute atomic E-state index is 13.1. The van der Waals surface area contributed by atoms with Crippen LogP contribution in [0.25, 0.3) is 0 Å². The number of nitrogens with zero attached hydrogens (tertiary/aromatic N) is 1. The molecule has 0 unspecified atom stereocenters. The van der Waals surface area contributed by atoms with Gasteiger partial charge in [0.25, 0.3) is 10.0 Å². The minimum absolute atomic E-state index is 0.0393. The van der Waals surface area contributed by atoms with Crippen molar-refractivity contribution in [3.05, 3.63) is 101 Å². The molecule has 0 saturated heterocycles. The molecule has 1 aliphatic carbocycles. The van der Waals surface area contributed by atoms with Crippen molar-refractivity contribution in [3.8, 4) is 5.75 Å². The first-order valence-electron chi connectivity index (χ1n) is 9.97. The van der Waals surface area contributed by atoms with Gasteiger partial charge in [0.15, 0.2) is 0 Å². The highest BCUT2D eigenvalue weighted by Gasteiger charge is 2.26. The summed E-state index contributed by atoms with van der Waals surface area (Å²) in [6.07, 6.45) is 1.49. The SMILES string of the molecule is COc1ccc(S(=O)(=O)/N=C2/C=C(Nc3ccc(C)cc3C)C(=O)c3ccccc32)cc1. The lowest BCUT2D eigenvalue weighted by Crippen LogP contribution is -2.23. The zero-order chi connectivity index (χ0) is 22.9. The van der Waals surface area contributed by atoms with E-state index in [0.717, 1.165) is 16.8 Å². The number of hydrogen-bond donors (Lipinski definition) is 1. The molecule has 0 amide bonds. The number of sulfonamides is 1. The number of anilines is 1. The number of methoxy groups -OCH3 is 1. The molecule has 0 aliphatic heterocycles. The van der Waals surface area contributed by atoms with Crippen molar-refractivity contribution in [1.29, 1.82) is 0 Å². The highest BCUT2D eigenvalue weighted by atomic mass is 32.2. The smallest absolute Gasteiger partial charge is 0.282 e. The van der Waals surface area contributed by atoms with E-state index in [4.69, 9.17) is 4.74 Å². The van der Waals surface area contributed by atoms with Crippen molar-refractivity contribution in [1.82, 2.24) is 0 Å². The molecule has 162 valence electrons. The summed E-state index contributed by atoms with van der Waals surface area (Å²) in [5.41, 5.74) is 4.18. The fraction of sp³-hybridized carbons (Fsp3) is 0.120. The van der Waals surface area contributed by atoms with Crippen LogP contribution in [-0.4, -0.2) is 27.0 Å². The van der Waals surface area contributed by atoms with E-state index in [0.29, 0.717) is 16.9 Å². The Labute approximate surface area is 187 Å². The summed E-state index contributed by atoms with van der Waals surface area (Å²) >= 11 is 0. The third-order valence-corrected chi connectivity index (χ3v) is 6.51. The van der Waals surface area contributed by atoms with Crippen molar-refractivity contribution in [2.75, 3.05) is 12.4 Å². The van der Waals surface area contributed by atoms with Crippen molar-refractivity contribution in [2.24, 2.45) is 4.40 Å². The minimum atomic E-state index is -4.01. The van der Waals surface area contributed by atoms with E-state index in [1.165, 1.54) is 25.3 Å². The van der Waals surface area contributed by atoms with Gasteiger partial charge in [-0.2, -0.15) is 12.8 Å². The van der Waals surface area contributed by atoms with Crippen LogP contribution < -0.4 is 10.1 Å². The maximum atomic E-state index is 13.1. The van der Waals surface area contributed by atoms with E-state index >= 15 is 0 Å². The fourth-order valence-electron chi connectivity index (χ4n) is 3.53. The number of allylic oxidation sites excluding steroid dienone is 2. The van der Waals surface area contributed by atoms with Gasteiger partial charge >= 0.3 is 0 Å². The first-order chi connectivity index (χ1) is 15.3. The number of hydrogen-bond acceptors (Lipinski definition) is 5. The molecule has 0 atom stereocenters. The van der Waals surface area contributed by atoms with Crippen LogP contribution in [0.2, 0.25) is 0 Å². The maximum Gasteiger partial charge on any atom is 0.282 e. The molecule has 0 radical (unpaired) electrons. The molecule has 3 aromatic rings. The van der Waals surface area contributed by atoms with Gasteiger partial charge in [-0.1, -0.05) is 42.0 Å². The van der Waals surface area contributed by atoms with Crippen LogP contribution >= 0.6 is 0 Å². The molecule has 0 saturated carbocycles. The minimum Gasteiger partial charge on any atom is -0.497 e. The summed E-state index contributed by atoms with van der Waals surface area (Å²) in [6.45, 7) is 3.94. The van der Waals surface area contributed by atoms with E-state index in [1.807, 2.05) is 32.0 Å². The fourth-order valence-corrected chi connectivity index (χ4v) is 4.52. The molecule has 4 rings (SSSR count). The summed E-state index contributed by atoms with van der Waals surface area (Å²) in [5, 5.41) is 3.16. The Hall–Kier alpha value is -3.71. The molecule has 0 heterocycles. The highest BCUT2D eigenvalue weighted by Crippen LogP contribution is 2.27. The number of ether oxygens (including phenoxy) is 1. The molecule has 0 bridgehead atoms. The Morgan fingerprint density at radius 2 is 1.59 bits per heavy atom. The molecular formula is C25H22N2O4S. The van der Waals surface area contributed by atoms with Gasteiger partial charge in [-0.25, -0.2) is 0 Å². The summed E-state index contributed by atoms with van der Waals surface area (Å²) in [5.74, 6) is 0.325. The molecule has 0 spiro atoms. The molecule has 1 aliphatic rings. The first kappa shape index (κ1) is 21.5. The summed E-state index contributed by atoms with van der Waals surface area (Å²) in [7, 11) is -2.50. The van der Waals surface area contributed by atoms with Crippen LogP contribution in [-0.2, 0) is 10.0 Å². The largest absolute Gasteiger partial charge is 0.497 e. The van der Waals surface area contributed by atoms with Crippen LogP contribution in [0.15, 0.2) is 87.8 Å². The monoisotopic (exact) mass is 446 g/mol. The van der Waals surface area contributed by atoms with Crippen LogP contribution in [0, 0.1) is 13.8 Å². The molecular weight excluding hydrogens is 424 g/mol. The Morgan fingerprint density at radius 1 is 0.906 bits per heavy atom. The number of rotatable bonds is 5. The van der Waals surface area contributed by atoms with E-state index in [2.05, 4.69) is 9.71 Å². The van der Waals surface area contributed by atoms with Crippen LogP contribution in [0.3, 0.4) is 0 Å². The van der Waals surface area contributed by atoms with Gasteiger partial charge in [0.2, 0.25) is 5.78 Å². The topological polar surface area (TPSA) is 84.8 Å². The lowest BCUT2D eigenvalue weighted by Gasteiger charge is -2.19. The Kier molecular flexibility index (Phi) is 5.67. The number of ketones is 1. The van der Waals surface area contributed by atoms with Crippen molar-refractivity contribution >= 4 is 27.2 Å². The number of Topliss-reactive ketones (excluding diaryl/α,β-unsaturated/α-hetero) is 1. The lowest BCUT2D eigenvalue weighted by atomic mass is 9.92. The Bertz CT molecular complexity index is 1370. The normalized spacial score (nSPS) is 14.7. The standard InChI is InChI=1S/C25H22N2O4S/c1-16-8-13-22(17(2)14-16)26-24-15-23(20-6-4-5-7-21(20)25(24)28)27-32(29,30)19-11-9-18(31-3)10-12-19/h4-15,26H,1-3H3/b27-23-. The highest BCUT2D eigenvalue weighted by molar-refractivity contribution is 7.90. The van der Waals surface area contributed by atoms with Crippen LogP contribution in [0.1, 0.15) is 27.0 Å². The van der Waals surface area contributed by atoms with Gasteiger partial charge in [-0.15, -0.1) is 0 Å². The van der Waals surface area contributed by atoms with E-state index in [9.17, 15) is 13.2 Å². The Morgan fingerprint density at radius 3 is 2.25 bits per heavy atom. The third-order valence-electron chi connectivity index (χ3n) is 5.20. The van der Waals surface area contributed by atoms with E-state index < -0.39 is 10.0 Å². The first-order valence-corrected chi connectivity index (χ1v) is 11.4. The zero-order valence-corrected chi connectivity index (χ0v) is 18.7. The number of carbonyl (C=O) groups excluding carboxylic acids is 1. The second-order valence-electron chi connectivity index (χ2n) is 7.50. The van der Waals surface area contributed by atoms with Gasteiger partial charge < -0.3 is 10.1 Å². The molecule has 7 heteroatoms.